The molecule has 1 heterocycles. The first-order valence-corrected chi connectivity index (χ1v) is 8.78. The molecule has 0 unspecified atom stereocenters. The molecule has 3 aromatic rings. The summed E-state index contributed by atoms with van der Waals surface area (Å²) in [6.07, 6.45) is -0.770. The van der Waals surface area contributed by atoms with Crippen molar-refractivity contribution in [3.05, 3.63) is 88.0 Å². The molecule has 146 valence electrons. The van der Waals surface area contributed by atoms with E-state index >= 15 is 0 Å². The van der Waals surface area contributed by atoms with Crippen molar-refractivity contribution in [2.24, 2.45) is 0 Å². The molecule has 0 aromatic heterocycles. The van der Waals surface area contributed by atoms with Gasteiger partial charge in [-0.25, -0.2) is 0 Å². The van der Waals surface area contributed by atoms with Crippen LogP contribution in [0.25, 0.3) is 0 Å². The van der Waals surface area contributed by atoms with Gasteiger partial charge in [-0.1, -0.05) is 36.4 Å². The van der Waals surface area contributed by atoms with Crippen LogP contribution in [0.15, 0.2) is 66.7 Å². The number of nitrogens with one attached hydrogen (secondary N) is 1. The third-order valence-electron chi connectivity index (χ3n) is 4.77. The predicted molar refractivity (Wildman–Crippen MR) is 105 cm³/mol. The second-order valence-corrected chi connectivity index (χ2v) is 6.42. The highest BCUT2D eigenvalue weighted by Gasteiger charge is 2.36. The Bertz CT molecular complexity index is 1110. The van der Waals surface area contributed by atoms with Crippen LogP contribution in [-0.4, -0.2) is 17.9 Å². The van der Waals surface area contributed by atoms with Gasteiger partial charge in [0.05, 0.1) is 23.3 Å². The molecule has 0 radical (unpaired) electrons. The van der Waals surface area contributed by atoms with Crippen molar-refractivity contribution in [2.45, 2.75) is 6.17 Å². The number of rotatable bonds is 4. The van der Waals surface area contributed by atoms with Crippen LogP contribution in [0.4, 0.5) is 17.1 Å². The van der Waals surface area contributed by atoms with E-state index in [-0.39, 0.29) is 5.91 Å². The number of carbonyl (C=O) groups is 1. The maximum Gasteiger partial charge on any atom is 0.262 e. The molecule has 29 heavy (non-hydrogen) atoms. The zero-order valence-corrected chi connectivity index (χ0v) is 15.4. The first kappa shape index (κ1) is 18.3. The van der Waals surface area contributed by atoms with Gasteiger partial charge in [0.15, 0.2) is 0 Å². The highest BCUT2D eigenvalue weighted by atomic mass is 16.6. The second-order valence-electron chi connectivity index (χ2n) is 6.42. The Hall–Kier alpha value is -4.07. The molecular formula is C21H16N3O5-. The molecule has 1 N–H and O–H groups in total. The largest absolute Gasteiger partial charge is 0.868 e. The number of fused-ring (bicyclic) bond motifs is 1. The van der Waals surface area contributed by atoms with Gasteiger partial charge in [-0.15, -0.1) is 0 Å². The Morgan fingerprint density at radius 1 is 1.07 bits per heavy atom. The first-order chi connectivity index (χ1) is 14.0. The number of benzene rings is 3. The van der Waals surface area contributed by atoms with Gasteiger partial charge in [-0.2, -0.15) is 0 Å². The SMILES string of the molecule is COc1ccccc1N1C(=O)c2ccccc2N[C@H]1c1ccc([O-])c([N+](=O)[O-])c1. The van der Waals surface area contributed by atoms with E-state index in [1.807, 2.05) is 0 Å². The maximum atomic E-state index is 13.4. The van der Waals surface area contributed by atoms with E-state index in [0.29, 0.717) is 28.3 Å². The van der Waals surface area contributed by atoms with Crippen molar-refractivity contribution < 1.29 is 19.6 Å². The molecule has 0 saturated carbocycles. The van der Waals surface area contributed by atoms with Crippen LogP contribution in [0.2, 0.25) is 0 Å². The van der Waals surface area contributed by atoms with Crippen molar-refractivity contribution in [1.29, 1.82) is 0 Å². The molecule has 1 atom stereocenters. The first-order valence-electron chi connectivity index (χ1n) is 8.78. The molecule has 1 aliphatic heterocycles. The molecule has 0 fully saturated rings. The average Bonchev–Trinajstić information content (AvgIpc) is 2.74. The molecule has 0 aliphatic carbocycles. The fourth-order valence-electron chi connectivity index (χ4n) is 3.41. The summed E-state index contributed by atoms with van der Waals surface area (Å²) in [4.78, 5) is 25.4. The number of nitrogens with zero attached hydrogens (tertiary/aromatic N) is 2. The fourth-order valence-corrected chi connectivity index (χ4v) is 3.41. The van der Waals surface area contributed by atoms with E-state index in [4.69, 9.17) is 4.74 Å². The molecule has 4 rings (SSSR count). The second kappa shape index (κ2) is 7.16. The quantitative estimate of drug-likeness (QED) is 0.540. The number of hydrogen-bond donors (Lipinski definition) is 1. The van der Waals surface area contributed by atoms with Gasteiger partial charge in [0.2, 0.25) is 0 Å². The summed E-state index contributed by atoms with van der Waals surface area (Å²) in [5.74, 6) is -0.505. The lowest BCUT2D eigenvalue weighted by atomic mass is 10.0. The van der Waals surface area contributed by atoms with E-state index < -0.39 is 22.5 Å². The summed E-state index contributed by atoms with van der Waals surface area (Å²) >= 11 is 0. The monoisotopic (exact) mass is 390 g/mol. The van der Waals surface area contributed by atoms with Crippen molar-refractivity contribution in [3.8, 4) is 11.5 Å². The summed E-state index contributed by atoms with van der Waals surface area (Å²) in [5.41, 5.74) is 1.42. The van der Waals surface area contributed by atoms with Crippen LogP contribution < -0.4 is 20.1 Å². The Morgan fingerprint density at radius 2 is 1.79 bits per heavy atom. The maximum absolute atomic E-state index is 13.4. The zero-order chi connectivity index (χ0) is 20.5. The molecule has 3 aromatic carbocycles. The van der Waals surface area contributed by atoms with Crippen LogP contribution in [0.5, 0.6) is 11.5 Å². The van der Waals surface area contributed by atoms with Crippen LogP contribution >= 0.6 is 0 Å². The van der Waals surface area contributed by atoms with Crippen LogP contribution in [0.3, 0.4) is 0 Å². The molecule has 1 amide bonds. The van der Waals surface area contributed by atoms with Gasteiger partial charge in [-0.3, -0.25) is 19.8 Å². The molecule has 8 nitrogen and oxygen atoms in total. The van der Waals surface area contributed by atoms with Crippen LogP contribution in [-0.2, 0) is 0 Å². The topological polar surface area (TPSA) is 108 Å². The van der Waals surface area contributed by atoms with Gasteiger partial charge in [-0.05, 0) is 30.0 Å². The van der Waals surface area contributed by atoms with Crippen molar-refractivity contribution in [1.82, 2.24) is 0 Å². The Morgan fingerprint density at radius 3 is 2.55 bits per heavy atom. The van der Waals surface area contributed by atoms with Gasteiger partial charge >= 0.3 is 0 Å². The summed E-state index contributed by atoms with van der Waals surface area (Å²) in [7, 11) is 1.50. The third-order valence-corrected chi connectivity index (χ3v) is 4.77. The Labute approximate surface area is 166 Å². The lowest BCUT2D eigenvalue weighted by Crippen LogP contribution is -2.43. The smallest absolute Gasteiger partial charge is 0.262 e. The number of hydrogen-bond acceptors (Lipinski definition) is 6. The standard InChI is InChI=1S/C21H17N3O5/c1-29-19-9-5-4-8-16(19)23-20(13-10-11-18(25)17(12-13)24(27)28)22-15-7-3-2-6-14(15)21(23)26/h2-12,20,22,25H,1H3/p-1/t20-/m1/s1. The van der Waals surface area contributed by atoms with Crippen LogP contribution in [0, 0.1) is 10.1 Å². The summed E-state index contributed by atoms with van der Waals surface area (Å²) < 4.78 is 5.42. The van der Waals surface area contributed by atoms with Gasteiger partial charge in [0.1, 0.15) is 11.9 Å². The average molecular weight is 390 g/mol. The Balaban J connectivity index is 1.91. The lowest BCUT2D eigenvalue weighted by molar-refractivity contribution is -0.398. The lowest BCUT2D eigenvalue weighted by Gasteiger charge is -2.38. The minimum Gasteiger partial charge on any atom is -0.868 e. The minimum atomic E-state index is -0.770. The number of para-hydroxylation sites is 3. The van der Waals surface area contributed by atoms with Gasteiger partial charge in [0, 0.05) is 17.3 Å². The summed E-state index contributed by atoms with van der Waals surface area (Å²) in [6.45, 7) is 0. The van der Waals surface area contributed by atoms with E-state index in [2.05, 4.69) is 5.32 Å². The normalized spacial score (nSPS) is 15.4. The van der Waals surface area contributed by atoms with E-state index in [1.54, 1.807) is 48.5 Å². The number of methoxy groups -OCH3 is 1. The molecule has 0 spiro atoms. The number of nitro benzene ring substituents is 1. The van der Waals surface area contributed by atoms with E-state index in [1.165, 1.54) is 24.1 Å². The Kier molecular flexibility index (Phi) is 4.52. The summed E-state index contributed by atoms with van der Waals surface area (Å²) in [6, 6.07) is 17.8. The van der Waals surface area contributed by atoms with Crippen molar-refractivity contribution >= 4 is 23.0 Å². The summed E-state index contributed by atoms with van der Waals surface area (Å²) in [5, 5.41) is 26.4. The van der Waals surface area contributed by atoms with E-state index in [9.17, 15) is 20.0 Å². The number of amides is 1. The molecule has 8 heteroatoms. The zero-order valence-electron chi connectivity index (χ0n) is 15.4. The number of carbonyl (C=O) groups excluding carboxylic acids is 1. The number of nitro groups is 1. The van der Waals surface area contributed by atoms with Crippen LogP contribution in [0.1, 0.15) is 22.1 Å². The highest BCUT2D eigenvalue weighted by molar-refractivity contribution is 6.12. The van der Waals surface area contributed by atoms with Gasteiger partial charge in [0.25, 0.3) is 11.6 Å². The van der Waals surface area contributed by atoms with Gasteiger partial charge < -0.3 is 15.2 Å². The molecule has 0 saturated heterocycles. The van der Waals surface area contributed by atoms with Crippen molar-refractivity contribution in [3.63, 3.8) is 0 Å². The fraction of sp³-hybridized carbons (Fsp3) is 0.0952. The number of anilines is 2. The van der Waals surface area contributed by atoms with Crippen molar-refractivity contribution in [2.75, 3.05) is 17.3 Å². The molecular weight excluding hydrogens is 374 g/mol. The highest BCUT2D eigenvalue weighted by Crippen LogP contribution is 2.41. The van der Waals surface area contributed by atoms with E-state index in [0.717, 1.165) is 6.07 Å². The minimum absolute atomic E-state index is 0.289. The molecule has 0 bridgehead atoms. The molecule has 1 aliphatic rings. The third kappa shape index (κ3) is 3.10. The predicted octanol–water partition coefficient (Wildman–Crippen LogP) is 3.45. The number of ether oxygens (including phenoxy) is 1.